The molecule has 1 aromatic heterocycles. The van der Waals surface area contributed by atoms with Crippen molar-refractivity contribution in [3.63, 3.8) is 0 Å². The van der Waals surface area contributed by atoms with Gasteiger partial charge in [-0.15, -0.1) is 0 Å². The highest BCUT2D eigenvalue weighted by molar-refractivity contribution is 7.17. The molecule has 0 fully saturated rings. The van der Waals surface area contributed by atoms with Gasteiger partial charge < -0.3 is 4.90 Å². The van der Waals surface area contributed by atoms with Crippen LogP contribution >= 0.6 is 11.3 Å². The second-order valence-electron chi connectivity index (χ2n) is 6.91. The quantitative estimate of drug-likeness (QED) is 0.731. The van der Waals surface area contributed by atoms with Crippen molar-refractivity contribution in [3.05, 3.63) is 10.6 Å². The van der Waals surface area contributed by atoms with Crippen LogP contribution in [0.4, 0.5) is 5.13 Å². The van der Waals surface area contributed by atoms with E-state index in [2.05, 4.69) is 32.6 Å². The summed E-state index contributed by atoms with van der Waals surface area (Å²) >= 11 is 1.62. The zero-order chi connectivity index (χ0) is 15.5. The largest absolute Gasteiger partial charge is 0.348 e. The van der Waals surface area contributed by atoms with Gasteiger partial charge in [-0.25, -0.2) is 4.98 Å². The number of hydrogen-bond acceptors (Lipinski definition) is 4. The summed E-state index contributed by atoms with van der Waals surface area (Å²) in [7, 11) is 0. The van der Waals surface area contributed by atoms with Crippen LogP contribution in [0.1, 0.15) is 75.2 Å². The van der Waals surface area contributed by atoms with E-state index in [0.717, 1.165) is 35.2 Å². The van der Waals surface area contributed by atoms with E-state index >= 15 is 0 Å². The predicted octanol–water partition coefficient (Wildman–Crippen LogP) is 4.70. The van der Waals surface area contributed by atoms with Crippen molar-refractivity contribution in [2.45, 2.75) is 66.2 Å². The smallest absolute Gasteiger partial charge is 0.186 e. The number of thiazole rings is 1. The molecule has 0 saturated heterocycles. The van der Waals surface area contributed by atoms with Gasteiger partial charge in [-0.05, 0) is 24.7 Å². The SMILES string of the molecule is CCCCN(CCCC)c1nc2c(s1)C(=O)CC(C)(C)C2. The van der Waals surface area contributed by atoms with Crippen molar-refractivity contribution in [1.82, 2.24) is 4.98 Å². The number of hydrogen-bond donors (Lipinski definition) is 0. The van der Waals surface area contributed by atoms with Gasteiger partial charge in [0.2, 0.25) is 0 Å². The molecule has 0 N–H and O–H groups in total. The van der Waals surface area contributed by atoms with E-state index in [1.54, 1.807) is 11.3 Å². The molecule has 0 spiro atoms. The number of anilines is 1. The molecule has 1 aromatic rings. The summed E-state index contributed by atoms with van der Waals surface area (Å²) in [4.78, 5) is 20.4. The van der Waals surface area contributed by atoms with Gasteiger partial charge in [0.1, 0.15) is 0 Å². The first-order chi connectivity index (χ1) is 9.96. The average molecular weight is 308 g/mol. The normalized spacial score (nSPS) is 16.9. The molecule has 0 atom stereocenters. The lowest BCUT2D eigenvalue weighted by Crippen LogP contribution is -2.26. The Morgan fingerprint density at radius 2 is 1.76 bits per heavy atom. The highest BCUT2D eigenvalue weighted by Crippen LogP contribution is 2.39. The third-order valence-corrected chi connectivity index (χ3v) is 5.26. The zero-order valence-corrected chi connectivity index (χ0v) is 14.7. The van der Waals surface area contributed by atoms with E-state index in [0.29, 0.717) is 6.42 Å². The van der Waals surface area contributed by atoms with Gasteiger partial charge in [0, 0.05) is 19.5 Å². The summed E-state index contributed by atoms with van der Waals surface area (Å²) in [6.07, 6.45) is 6.35. The number of fused-ring (bicyclic) bond motifs is 1. The lowest BCUT2D eigenvalue weighted by atomic mass is 9.78. The molecular weight excluding hydrogens is 280 g/mol. The number of carbonyl (C=O) groups excluding carboxylic acids is 1. The lowest BCUT2D eigenvalue weighted by Gasteiger charge is -2.26. The first kappa shape index (κ1) is 16.5. The molecule has 1 aliphatic carbocycles. The van der Waals surface area contributed by atoms with Crippen LogP contribution in [-0.2, 0) is 6.42 Å². The lowest BCUT2D eigenvalue weighted by molar-refractivity contribution is 0.0916. The van der Waals surface area contributed by atoms with E-state index in [9.17, 15) is 4.79 Å². The van der Waals surface area contributed by atoms with Gasteiger partial charge in [-0.1, -0.05) is 51.9 Å². The fraction of sp³-hybridized carbons (Fsp3) is 0.765. The van der Waals surface area contributed by atoms with Crippen molar-refractivity contribution in [3.8, 4) is 0 Å². The first-order valence-electron chi connectivity index (χ1n) is 8.24. The van der Waals surface area contributed by atoms with Crippen molar-refractivity contribution in [1.29, 1.82) is 0 Å². The van der Waals surface area contributed by atoms with Gasteiger partial charge >= 0.3 is 0 Å². The van der Waals surface area contributed by atoms with E-state index in [1.807, 2.05) is 0 Å². The summed E-state index contributed by atoms with van der Waals surface area (Å²) in [5.74, 6) is 0.288. The standard InChI is InChI=1S/C17H28N2OS/c1-5-7-9-19(10-8-6-2)16-18-13-11-17(3,4)12-14(20)15(13)21-16/h5-12H2,1-4H3. The minimum atomic E-state index is 0.0626. The minimum Gasteiger partial charge on any atom is -0.348 e. The molecule has 0 bridgehead atoms. The molecule has 2 rings (SSSR count). The molecule has 0 radical (unpaired) electrons. The second kappa shape index (κ2) is 6.91. The fourth-order valence-corrected chi connectivity index (χ4v) is 3.92. The van der Waals surface area contributed by atoms with Crippen LogP contribution in [0.5, 0.6) is 0 Å². The highest BCUT2D eigenvalue weighted by atomic mass is 32.1. The Bertz CT molecular complexity index is 485. The molecular formula is C17H28N2OS. The van der Waals surface area contributed by atoms with Gasteiger partial charge in [0.05, 0.1) is 10.6 Å². The molecule has 118 valence electrons. The van der Waals surface area contributed by atoms with Gasteiger partial charge in [-0.2, -0.15) is 0 Å². The first-order valence-corrected chi connectivity index (χ1v) is 9.06. The Balaban J connectivity index is 2.20. The summed E-state index contributed by atoms with van der Waals surface area (Å²) < 4.78 is 0. The van der Waals surface area contributed by atoms with Gasteiger partial charge in [0.25, 0.3) is 0 Å². The molecule has 0 saturated carbocycles. The average Bonchev–Trinajstić information content (AvgIpc) is 2.81. The van der Waals surface area contributed by atoms with Crippen molar-refractivity contribution < 1.29 is 4.79 Å². The fourth-order valence-electron chi connectivity index (χ4n) is 2.84. The third kappa shape index (κ3) is 4.06. The maximum Gasteiger partial charge on any atom is 0.186 e. The predicted molar refractivity (Wildman–Crippen MR) is 90.6 cm³/mol. The van der Waals surface area contributed by atoms with Crippen molar-refractivity contribution in [2.75, 3.05) is 18.0 Å². The maximum atomic E-state index is 12.3. The van der Waals surface area contributed by atoms with Crippen LogP contribution in [-0.4, -0.2) is 23.9 Å². The van der Waals surface area contributed by atoms with Crippen LogP contribution < -0.4 is 4.90 Å². The van der Waals surface area contributed by atoms with Gasteiger partial charge in [-0.3, -0.25) is 4.79 Å². The van der Waals surface area contributed by atoms with E-state index < -0.39 is 0 Å². The topological polar surface area (TPSA) is 33.2 Å². The van der Waals surface area contributed by atoms with E-state index in [1.165, 1.54) is 25.7 Å². The monoisotopic (exact) mass is 308 g/mol. The molecule has 1 aliphatic rings. The number of nitrogens with zero attached hydrogens (tertiary/aromatic N) is 2. The van der Waals surface area contributed by atoms with E-state index in [-0.39, 0.29) is 11.2 Å². The van der Waals surface area contributed by atoms with Crippen LogP contribution in [0.25, 0.3) is 0 Å². The molecule has 0 amide bonds. The Kier molecular flexibility index (Phi) is 5.42. The number of Topliss-reactive ketones (excluding diaryl/α,β-unsaturated/α-hetero) is 1. The van der Waals surface area contributed by atoms with Crippen LogP contribution in [0.3, 0.4) is 0 Å². The molecule has 0 aromatic carbocycles. The third-order valence-electron chi connectivity index (χ3n) is 4.06. The Hall–Kier alpha value is -0.900. The molecule has 4 heteroatoms. The van der Waals surface area contributed by atoms with Crippen LogP contribution in [0.2, 0.25) is 0 Å². The summed E-state index contributed by atoms with van der Waals surface area (Å²) in [6.45, 7) is 10.9. The van der Waals surface area contributed by atoms with Gasteiger partial charge in [0.15, 0.2) is 10.9 Å². The molecule has 1 heterocycles. The zero-order valence-electron chi connectivity index (χ0n) is 13.9. The number of ketones is 1. The summed E-state index contributed by atoms with van der Waals surface area (Å²) in [6, 6.07) is 0. The molecule has 3 nitrogen and oxygen atoms in total. The molecule has 21 heavy (non-hydrogen) atoms. The second-order valence-corrected chi connectivity index (χ2v) is 7.88. The number of carbonyl (C=O) groups is 1. The van der Waals surface area contributed by atoms with Crippen molar-refractivity contribution >= 4 is 22.3 Å². The van der Waals surface area contributed by atoms with E-state index in [4.69, 9.17) is 4.98 Å². The van der Waals surface area contributed by atoms with Crippen molar-refractivity contribution in [2.24, 2.45) is 5.41 Å². The highest BCUT2D eigenvalue weighted by Gasteiger charge is 2.34. The number of rotatable bonds is 7. The summed E-state index contributed by atoms with van der Waals surface area (Å²) in [5.41, 5.74) is 1.10. The molecule has 0 aliphatic heterocycles. The minimum absolute atomic E-state index is 0.0626. The Morgan fingerprint density at radius 1 is 1.14 bits per heavy atom. The maximum absolute atomic E-state index is 12.3. The summed E-state index contributed by atoms with van der Waals surface area (Å²) in [5, 5.41) is 1.06. The number of aromatic nitrogens is 1. The molecule has 0 unspecified atom stereocenters. The Labute approximate surface area is 132 Å². The Morgan fingerprint density at radius 3 is 2.33 bits per heavy atom. The van der Waals surface area contributed by atoms with Crippen LogP contribution in [0, 0.1) is 5.41 Å². The number of unbranched alkanes of at least 4 members (excludes halogenated alkanes) is 2. The van der Waals surface area contributed by atoms with Crippen LogP contribution in [0.15, 0.2) is 0 Å².